The fourth-order valence-corrected chi connectivity index (χ4v) is 2.92. The predicted molar refractivity (Wildman–Crippen MR) is 92.2 cm³/mol. The number of carbonyl (C=O) groups is 2. The van der Waals surface area contributed by atoms with Crippen LogP contribution in [0, 0.1) is 0 Å². The van der Waals surface area contributed by atoms with Gasteiger partial charge in [0.15, 0.2) is 12.2 Å². The van der Waals surface area contributed by atoms with Crippen LogP contribution >= 0.6 is 0 Å². The number of aliphatic imine (C=N–C) groups is 1. The summed E-state index contributed by atoms with van der Waals surface area (Å²) >= 11 is 0. The number of likely N-dealkylation sites (N-methyl/N-ethyl adjacent to an activating group) is 3. The van der Waals surface area contributed by atoms with E-state index >= 15 is 0 Å². The van der Waals surface area contributed by atoms with E-state index in [1.54, 1.807) is 50.2 Å². The van der Waals surface area contributed by atoms with Gasteiger partial charge in [-0.15, -0.1) is 0 Å². The summed E-state index contributed by atoms with van der Waals surface area (Å²) < 4.78 is 0. The lowest BCUT2D eigenvalue weighted by Gasteiger charge is -2.39. The molecule has 9 nitrogen and oxygen atoms in total. The summed E-state index contributed by atoms with van der Waals surface area (Å²) in [4.78, 5) is 33.5. The number of guanidine groups is 1. The topological polar surface area (TPSA) is 101 Å². The number of rotatable bonds is 3. The molecule has 1 saturated heterocycles. The lowest BCUT2D eigenvalue weighted by molar-refractivity contribution is -0.136. The number of carbonyl (C=O) groups excluding carboxylic acids is 2. The van der Waals surface area contributed by atoms with E-state index in [0.717, 1.165) is 0 Å². The number of phenols is 1. The van der Waals surface area contributed by atoms with E-state index in [-0.39, 0.29) is 17.7 Å². The Morgan fingerprint density at radius 3 is 2.68 bits per heavy atom. The number of urea groups is 1. The van der Waals surface area contributed by atoms with Crippen LogP contribution in [0.4, 0.5) is 4.79 Å². The lowest BCUT2D eigenvalue weighted by Crippen LogP contribution is -2.64. The van der Waals surface area contributed by atoms with Crippen LogP contribution in [0.25, 0.3) is 0 Å². The van der Waals surface area contributed by atoms with Crippen molar-refractivity contribution in [2.45, 2.75) is 19.1 Å². The number of hydrogen-bond acceptors (Lipinski definition) is 7. The molecule has 0 bridgehead atoms. The van der Waals surface area contributed by atoms with Gasteiger partial charge in [0.25, 0.3) is 5.91 Å². The van der Waals surface area contributed by atoms with E-state index in [1.165, 1.54) is 16.0 Å². The highest BCUT2D eigenvalue weighted by Crippen LogP contribution is 2.25. The van der Waals surface area contributed by atoms with Gasteiger partial charge in [-0.3, -0.25) is 9.69 Å². The second-order valence-electron chi connectivity index (χ2n) is 5.83. The zero-order valence-electron chi connectivity index (χ0n) is 14.2. The van der Waals surface area contributed by atoms with E-state index in [4.69, 9.17) is 0 Å². The summed E-state index contributed by atoms with van der Waals surface area (Å²) in [5.74, 6) is 0.221. The molecule has 2 atom stereocenters. The van der Waals surface area contributed by atoms with Gasteiger partial charge in [-0.25, -0.2) is 15.2 Å². The van der Waals surface area contributed by atoms with Crippen molar-refractivity contribution in [3.05, 3.63) is 29.8 Å². The number of hydrogen-bond donors (Lipinski definition) is 2. The molecule has 25 heavy (non-hydrogen) atoms. The summed E-state index contributed by atoms with van der Waals surface area (Å²) in [5.41, 5.74) is 3.33. The average Bonchev–Trinajstić information content (AvgIpc) is 2.92. The van der Waals surface area contributed by atoms with Crippen molar-refractivity contribution < 1.29 is 14.7 Å². The van der Waals surface area contributed by atoms with E-state index < -0.39 is 12.2 Å². The molecule has 0 radical (unpaired) electrons. The van der Waals surface area contributed by atoms with Gasteiger partial charge < -0.3 is 14.9 Å². The molecule has 2 aliphatic heterocycles. The number of hydrazone groups is 1. The van der Waals surface area contributed by atoms with Gasteiger partial charge in [0.05, 0.1) is 6.21 Å². The van der Waals surface area contributed by atoms with E-state index in [0.29, 0.717) is 18.1 Å². The third kappa shape index (κ3) is 2.77. The predicted octanol–water partition coefficient (Wildman–Crippen LogP) is 0.226. The Bertz CT molecular complexity index is 762. The van der Waals surface area contributed by atoms with Crippen molar-refractivity contribution in [1.29, 1.82) is 0 Å². The molecule has 1 fully saturated rings. The second kappa shape index (κ2) is 6.42. The molecule has 3 amide bonds. The quantitative estimate of drug-likeness (QED) is 0.604. The normalized spacial score (nSPS) is 23.3. The summed E-state index contributed by atoms with van der Waals surface area (Å²) in [6, 6.07) is 5.85. The molecule has 132 valence electrons. The van der Waals surface area contributed by atoms with Crippen molar-refractivity contribution in [2.75, 3.05) is 20.6 Å². The molecular weight excluding hydrogens is 324 g/mol. The number of nitrogens with zero attached hydrogens (tertiary/aromatic N) is 5. The minimum atomic E-state index is -0.587. The maximum atomic E-state index is 12.6. The Balaban J connectivity index is 1.77. The third-order valence-electron chi connectivity index (χ3n) is 4.36. The second-order valence-corrected chi connectivity index (χ2v) is 5.83. The smallest absolute Gasteiger partial charge is 0.328 e. The SMILES string of the molecule is CCN1C(=O)C2C(N=C(N/N=C/c3ccccc3O)N2C)N(C)C1=O. The molecule has 9 heteroatoms. The maximum Gasteiger partial charge on any atom is 0.328 e. The van der Waals surface area contributed by atoms with Crippen LogP contribution in [0.2, 0.25) is 0 Å². The maximum absolute atomic E-state index is 12.6. The minimum Gasteiger partial charge on any atom is -0.507 e. The molecule has 1 aromatic rings. The Morgan fingerprint density at radius 2 is 2.00 bits per heavy atom. The van der Waals surface area contributed by atoms with E-state index in [9.17, 15) is 14.7 Å². The zero-order chi connectivity index (χ0) is 18.1. The fourth-order valence-electron chi connectivity index (χ4n) is 2.92. The third-order valence-corrected chi connectivity index (χ3v) is 4.36. The summed E-state index contributed by atoms with van der Waals surface area (Å²) in [6.07, 6.45) is 0.874. The molecule has 0 aliphatic carbocycles. The van der Waals surface area contributed by atoms with E-state index in [1.807, 2.05) is 0 Å². The number of para-hydroxylation sites is 1. The Hall–Kier alpha value is -3.10. The molecule has 1 aromatic carbocycles. The molecule has 2 heterocycles. The summed E-state index contributed by atoms with van der Waals surface area (Å²) in [6.45, 7) is 2.07. The first-order valence-corrected chi connectivity index (χ1v) is 7.91. The Kier molecular flexibility index (Phi) is 4.30. The van der Waals surface area contributed by atoms with Gasteiger partial charge in [-0.2, -0.15) is 5.10 Å². The molecule has 0 spiro atoms. The van der Waals surface area contributed by atoms with Crippen LogP contribution in [0.15, 0.2) is 34.4 Å². The van der Waals surface area contributed by atoms with Gasteiger partial charge in [-0.1, -0.05) is 12.1 Å². The molecule has 2 unspecified atom stereocenters. The standard InChI is InChI=1S/C16H20N6O3/c1-4-22-14(24)12-13(21(3)16(22)25)18-15(20(12)2)19-17-9-10-7-5-6-8-11(10)23/h5-9,12-13,23H,4H2,1-3H3,(H,18,19)/b17-9+. The number of aromatic hydroxyl groups is 1. The first-order chi connectivity index (χ1) is 12.0. The first-order valence-electron chi connectivity index (χ1n) is 7.91. The highest BCUT2D eigenvalue weighted by atomic mass is 16.3. The molecule has 3 rings (SSSR count). The van der Waals surface area contributed by atoms with Crippen molar-refractivity contribution >= 4 is 24.1 Å². The van der Waals surface area contributed by atoms with E-state index in [2.05, 4.69) is 15.5 Å². The van der Waals surface area contributed by atoms with Gasteiger partial charge in [0.1, 0.15) is 5.75 Å². The van der Waals surface area contributed by atoms with Crippen molar-refractivity contribution in [3.63, 3.8) is 0 Å². The van der Waals surface area contributed by atoms with Crippen molar-refractivity contribution in [1.82, 2.24) is 20.1 Å². The molecular formula is C16H20N6O3. The van der Waals surface area contributed by atoms with Crippen LogP contribution in [0.3, 0.4) is 0 Å². The Morgan fingerprint density at radius 1 is 1.28 bits per heavy atom. The van der Waals surface area contributed by atoms with Gasteiger partial charge in [0.2, 0.25) is 5.96 Å². The first kappa shape index (κ1) is 16.7. The van der Waals surface area contributed by atoms with Gasteiger partial charge in [0, 0.05) is 26.2 Å². The van der Waals surface area contributed by atoms with Crippen LogP contribution < -0.4 is 5.43 Å². The summed E-state index contributed by atoms with van der Waals surface area (Å²) in [5, 5.41) is 13.8. The summed E-state index contributed by atoms with van der Waals surface area (Å²) in [7, 11) is 3.35. The fraction of sp³-hybridized carbons (Fsp3) is 0.375. The molecule has 0 aromatic heterocycles. The van der Waals surface area contributed by atoms with Crippen LogP contribution in [-0.4, -0.2) is 76.8 Å². The highest BCUT2D eigenvalue weighted by molar-refractivity contribution is 6.03. The minimum absolute atomic E-state index is 0.113. The average molecular weight is 344 g/mol. The Labute approximate surface area is 145 Å². The highest BCUT2D eigenvalue weighted by Gasteiger charge is 2.50. The van der Waals surface area contributed by atoms with Crippen molar-refractivity contribution in [3.8, 4) is 5.75 Å². The molecule has 2 N–H and O–H groups in total. The number of phenolic OH excluding ortho intramolecular Hbond substituents is 1. The lowest BCUT2D eigenvalue weighted by atomic mass is 10.1. The number of fused-ring (bicyclic) bond motifs is 1. The monoisotopic (exact) mass is 344 g/mol. The molecule has 0 saturated carbocycles. The number of amides is 3. The number of imide groups is 1. The van der Waals surface area contributed by atoms with Crippen LogP contribution in [0.1, 0.15) is 12.5 Å². The number of benzene rings is 1. The largest absolute Gasteiger partial charge is 0.507 e. The van der Waals surface area contributed by atoms with Crippen LogP contribution in [-0.2, 0) is 4.79 Å². The zero-order valence-corrected chi connectivity index (χ0v) is 14.2. The van der Waals surface area contributed by atoms with Gasteiger partial charge in [-0.05, 0) is 19.1 Å². The number of nitrogens with one attached hydrogen (secondary N) is 1. The van der Waals surface area contributed by atoms with Crippen molar-refractivity contribution in [2.24, 2.45) is 10.1 Å². The van der Waals surface area contributed by atoms with Gasteiger partial charge >= 0.3 is 6.03 Å². The molecule has 2 aliphatic rings. The van der Waals surface area contributed by atoms with Crippen LogP contribution in [0.5, 0.6) is 5.75 Å².